The molecule has 2 aromatic rings. The van der Waals surface area contributed by atoms with Crippen LogP contribution in [0.25, 0.3) is 11.0 Å². The normalized spacial score (nSPS) is 13.6. The van der Waals surface area contributed by atoms with Crippen LogP contribution in [-0.2, 0) is 9.84 Å². The van der Waals surface area contributed by atoms with E-state index in [0.717, 1.165) is 6.26 Å². The van der Waals surface area contributed by atoms with Gasteiger partial charge in [0.05, 0.1) is 11.8 Å². The Bertz CT molecular complexity index is 751. The highest BCUT2D eigenvalue weighted by molar-refractivity contribution is 7.90. The van der Waals surface area contributed by atoms with Crippen molar-refractivity contribution < 1.29 is 17.6 Å². The van der Waals surface area contributed by atoms with E-state index in [4.69, 9.17) is 21.8 Å². The average molecular weight is 316 g/mol. The van der Waals surface area contributed by atoms with Gasteiger partial charge in [0.1, 0.15) is 15.4 Å². The second-order valence-electron chi connectivity index (χ2n) is 4.68. The number of ketones is 1. The Balaban J connectivity index is 2.18. The van der Waals surface area contributed by atoms with Crippen molar-refractivity contribution in [2.45, 2.75) is 12.5 Å². The molecule has 0 saturated carbocycles. The molecule has 108 valence electrons. The van der Waals surface area contributed by atoms with Crippen molar-refractivity contribution in [3.63, 3.8) is 0 Å². The topological polar surface area (TPSA) is 90.4 Å². The fourth-order valence-electron chi connectivity index (χ4n) is 1.79. The van der Waals surface area contributed by atoms with Crippen molar-refractivity contribution in [2.24, 2.45) is 5.73 Å². The molecule has 0 aliphatic rings. The van der Waals surface area contributed by atoms with Gasteiger partial charge in [0.15, 0.2) is 5.76 Å². The van der Waals surface area contributed by atoms with Crippen LogP contribution >= 0.6 is 11.6 Å². The zero-order valence-corrected chi connectivity index (χ0v) is 12.4. The summed E-state index contributed by atoms with van der Waals surface area (Å²) in [5.74, 6) is -0.435. The molecule has 1 unspecified atom stereocenters. The number of fused-ring (bicyclic) bond motifs is 1. The summed E-state index contributed by atoms with van der Waals surface area (Å²) in [6.07, 6.45) is 1.17. The van der Waals surface area contributed by atoms with Crippen LogP contribution in [0.15, 0.2) is 28.7 Å². The lowest BCUT2D eigenvalue weighted by molar-refractivity contribution is 0.0934. The molecule has 0 saturated heterocycles. The van der Waals surface area contributed by atoms with Gasteiger partial charge in [-0.3, -0.25) is 4.79 Å². The molecule has 1 heterocycles. The summed E-state index contributed by atoms with van der Waals surface area (Å²) in [5.41, 5.74) is 6.24. The Morgan fingerprint density at radius 1 is 1.40 bits per heavy atom. The van der Waals surface area contributed by atoms with Gasteiger partial charge >= 0.3 is 0 Å². The van der Waals surface area contributed by atoms with Crippen LogP contribution in [0.3, 0.4) is 0 Å². The van der Waals surface area contributed by atoms with Crippen molar-refractivity contribution >= 4 is 38.2 Å². The van der Waals surface area contributed by atoms with Crippen molar-refractivity contribution in [2.75, 3.05) is 12.0 Å². The predicted octanol–water partition coefficient (Wildman–Crippen LogP) is 2.03. The number of furan rings is 1. The van der Waals surface area contributed by atoms with E-state index in [2.05, 4.69) is 0 Å². The molecule has 2 rings (SSSR count). The quantitative estimate of drug-likeness (QED) is 0.853. The van der Waals surface area contributed by atoms with E-state index in [1.54, 1.807) is 24.3 Å². The molecule has 2 N–H and O–H groups in total. The molecule has 0 amide bonds. The zero-order valence-electron chi connectivity index (χ0n) is 10.8. The molecular weight excluding hydrogens is 302 g/mol. The fraction of sp³-hybridized carbons (Fsp3) is 0.308. The number of carbonyl (C=O) groups is 1. The third-order valence-corrected chi connectivity index (χ3v) is 4.07. The number of hydrogen-bond acceptors (Lipinski definition) is 5. The van der Waals surface area contributed by atoms with Gasteiger partial charge in [-0.25, -0.2) is 8.42 Å². The summed E-state index contributed by atoms with van der Waals surface area (Å²) in [7, 11) is -3.15. The van der Waals surface area contributed by atoms with E-state index < -0.39 is 21.7 Å². The molecule has 1 aromatic heterocycles. The van der Waals surface area contributed by atoms with E-state index >= 15 is 0 Å². The first-order valence-electron chi connectivity index (χ1n) is 5.93. The number of benzene rings is 1. The number of nitrogens with two attached hydrogens (primary N) is 1. The second-order valence-corrected chi connectivity index (χ2v) is 7.38. The smallest absolute Gasteiger partial charge is 0.214 e. The van der Waals surface area contributed by atoms with Crippen LogP contribution in [0.2, 0.25) is 5.02 Å². The van der Waals surface area contributed by atoms with Crippen molar-refractivity contribution in [1.29, 1.82) is 0 Å². The van der Waals surface area contributed by atoms with Crippen LogP contribution < -0.4 is 5.73 Å². The molecule has 0 radical (unpaired) electrons. The molecule has 0 aliphatic carbocycles. The van der Waals surface area contributed by atoms with Gasteiger partial charge in [-0.05, 0) is 30.7 Å². The summed E-state index contributed by atoms with van der Waals surface area (Å²) < 4.78 is 27.5. The molecule has 0 aliphatic heterocycles. The Morgan fingerprint density at radius 3 is 2.75 bits per heavy atom. The van der Waals surface area contributed by atoms with Crippen LogP contribution in [0.5, 0.6) is 0 Å². The highest BCUT2D eigenvalue weighted by Gasteiger charge is 2.21. The first kappa shape index (κ1) is 15.0. The summed E-state index contributed by atoms with van der Waals surface area (Å²) in [5, 5.41) is 1.25. The summed E-state index contributed by atoms with van der Waals surface area (Å²) in [6, 6.07) is 5.66. The number of hydrogen-bond donors (Lipinski definition) is 1. The zero-order chi connectivity index (χ0) is 14.9. The SMILES string of the molecule is CS(=O)(=O)CCC(N)C(=O)c1cc2cc(Cl)ccc2o1. The fourth-order valence-corrected chi connectivity index (χ4v) is 2.65. The van der Waals surface area contributed by atoms with E-state index in [1.807, 2.05) is 0 Å². The standard InChI is InChI=1S/C13H14ClNO4S/c1-20(17,18)5-4-10(15)13(16)12-7-8-6-9(14)2-3-11(8)19-12/h2-3,6-7,10H,4-5,15H2,1H3. The van der Waals surface area contributed by atoms with Crippen LogP contribution in [0.4, 0.5) is 0 Å². The molecule has 7 heteroatoms. The Labute approximate surface area is 121 Å². The second kappa shape index (κ2) is 5.55. The predicted molar refractivity (Wildman–Crippen MR) is 77.9 cm³/mol. The summed E-state index contributed by atoms with van der Waals surface area (Å²) in [4.78, 5) is 12.1. The van der Waals surface area contributed by atoms with E-state index in [0.29, 0.717) is 16.0 Å². The highest BCUT2D eigenvalue weighted by atomic mass is 35.5. The lowest BCUT2D eigenvalue weighted by Crippen LogP contribution is -2.32. The highest BCUT2D eigenvalue weighted by Crippen LogP contribution is 2.23. The number of carbonyl (C=O) groups excluding carboxylic acids is 1. The van der Waals surface area contributed by atoms with E-state index in [9.17, 15) is 13.2 Å². The molecule has 20 heavy (non-hydrogen) atoms. The van der Waals surface area contributed by atoms with Gasteiger partial charge in [-0.2, -0.15) is 0 Å². The minimum Gasteiger partial charge on any atom is -0.453 e. The maximum atomic E-state index is 12.1. The molecule has 1 aromatic carbocycles. The van der Waals surface area contributed by atoms with Crippen molar-refractivity contribution in [3.05, 3.63) is 35.0 Å². The first-order valence-corrected chi connectivity index (χ1v) is 8.37. The summed E-state index contributed by atoms with van der Waals surface area (Å²) in [6.45, 7) is 0. The molecular formula is C13H14ClNO4S. The van der Waals surface area contributed by atoms with Gasteiger partial charge in [0.25, 0.3) is 0 Å². The monoisotopic (exact) mass is 315 g/mol. The lowest BCUT2D eigenvalue weighted by atomic mass is 10.1. The van der Waals surface area contributed by atoms with Gasteiger partial charge in [-0.15, -0.1) is 0 Å². The average Bonchev–Trinajstić information content (AvgIpc) is 2.76. The Kier molecular flexibility index (Phi) is 4.17. The molecule has 1 atom stereocenters. The third kappa shape index (κ3) is 3.59. The molecule has 0 bridgehead atoms. The number of sulfone groups is 1. The van der Waals surface area contributed by atoms with Gasteiger partial charge in [-0.1, -0.05) is 11.6 Å². The van der Waals surface area contributed by atoms with Gasteiger partial charge < -0.3 is 10.2 Å². The minimum atomic E-state index is -3.15. The minimum absolute atomic E-state index is 0.0649. The Morgan fingerprint density at radius 2 is 2.10 bits per heavy atom. The Hall–Kier alpha value is -1.37. The molecule has 5 nitrogen and oxygen atoms in total. The maximum Gasteiger partial charge on any atom is 0.214 e. The third-order valence-electron chi connectivity index (χ3n) is 2.86. The number of rotatable bonds is 5. The van der Waals surface area contributed by atoms with Gasteiger partial charge in [0, 0.05) is 16.7 Å². The largest absolute Gasteiger partial charge is 0.453 e. The van der Waals surface area contributed by atoms with Crippen LogP contribution in [-0.4, -0.2) is 32.3 Å². The lowest BCUT2D eigenvalue weighted by Gasteiger charge is -2.07. The maximum absolute atomic E-state index is 12.1. The van der Waals surface area contributed by atoms with Gasteiger partial charge in [0.2, 0.25) is 5.78 Å². The first-order chi connectivity index (χ1) is 9.26. The van der Waals surface area contributed by atoms with Crippen LogP contribution in [0, 0.1) is 0 Å². The summed E-state index contributed by atoms with van der Waals surface area (Å²) >= 11 is 5.85. The van der Waals surface area contributed by atoms with Crippen LogP contribution in [0.1, 0.15) is 17.0 Å². The van der Waals surface area contributed by atoms with E-state index in [-0.39, 0.29) is 17.9 Å². The molecule has 0 fully saturated rings. The number of Topliss-reactive ketones (excluding diaryl/α,β-unsaturated/α-hetero) is 1. The van der Waals surface area contributed by atoms with Crippen molar-refractivity contribution in [1.82, 2.24) is 0 Å². The van der Waals surface area contributed by atoms with Crippen molar-refractivity contribution in [3.8, 4) is 0 Å². The number of halogens is 1. The molecule has 0 spiro atoms. The van der Waals surface area contributed by atoms with E-state index in [1.165, 1.54) is 0 Å².